The molecule has 5 nitrogen and oxygen atoms in total. The third kappa shape index (κ3) is 6.00. The van der Waals surface area contributed by atoms with Crippen LogP contribution in [0.2, 0.25) is 0 Å². The summed E-state index contributed by atoms with van der Waals surface area (Å²) in [5, 5.41) is 4.21. The Labute approximate surface area is 417 Å². The van der Waals surface area contributed by atoms with Crippen LogP contribution < -0.4 is 14.5 Å². The van der Waals surface area contributed by atoms with Crippen LogP contribution in [0.3, 0.4) is 0 Å². The van der Waals surface area contributed by atoms with Crippen LogP contribution in [0.5, 0.6) is 11.5 Å². The summed E-state index contributed by atoms with van der Waals surface area (Å²) in [5.74, 6) is 2.22. The molecule has 0 N–H and O–H groups in total. The Kier molecular flexibility index (Phi) is 9.19. The van der Waals surface area contributed by atoms with Gasteiger partial charge in [-0.05, 0) is 126 Å². The van der Waals surface area contributed by atoms with E-state index in [-0.39, 0.29) is 0 Å². The molecule has 0 bridgehead atoms. The third-order valence-electron chi connectivity index (χ3n) is 15.9. The largest absolute Gasteiger partial charge is 0.456 e. The smallest absolute Gasteiger partial charge is 0.137 e. The van der Waals surface area contributed by atoms with Gasteiger partial charge in [0.2, 0.25) is 0 Å². The average molecular weight is 929 g/mol. The fraction of sp³-hybridized carbons (Fsp3) is 0.104. The topological polar surface area (TPSA) is 42.0 Å². The molecule has 15 rings (SSSR count). The SMILES string of the molecule is c1ccc(N(c2ccccc2)c2ccc3c(c2)oc2cccc(N(c4cc(C5CCCCC5)c5c(c4)C4(c6ccccc6O5)c5ccccc5-c5ccccc54)c4cccc5oc6ccccc6c45)c23)cc1. The maximum Gasteiger partial charge on any atom is 0.137 e. The molecule has 0 radical (unpaired) electrons. The number of rotatable bonds is 7. The fourth-order valence-electron chi connectivity index (χ4n) is 12.9. The molecule has 1 fully saturated rings. The summed E-state index contributed by atoms with van der Waals surface area (Å²) in [6.07, 6.45) is 5.84. The molecule has 0 unspecified atom stereocenters. The highest BCUT2D eigenvalue weighted by Crippen LogP contribution is 2.64. The molecule has 1 aliphatic heterocycles. The van der Waals surface area contributed by atoms with Crippen LogP contribution in [-0.2, 0) is 5.41 Å². The summed E-state index contributed by atoms with van der Waals surface area (Å²) in [5.41, 5.74) is 17.6. The monoisotopic (exact) mass is 928 g/mol. The van der Waals surface area contributed by atoms with Gasteiger partial charge in [-0.15, -0.1) is 0 Å². The summed E-state index contributed by atoms with van der Waals surface area (Å²) in [6, 6.07) is 81.1. The quantitative estimate of drug-likeness (QED) is 0.159. The molecule has 0 amide bonds. The number of furan rings is 2. The molecule has 1 spiro atoms. The number of anilines is 6. The van der Waals surface area contributed by atoms with Crippen LogP contribution in [0.4, 0.5) is 34.1 Å². The van der Waals surface area contributed by atoms with Gasteiger partial charge in [0.25, 0.3) is 0 Å². The lowest BCUT2D eigenvalue weighted by atomic mass is 9.65. The Morgan fingerprint density at radius 1 is 0.375 bits per heavy atom. The van der Waals surface area contributed by atoms with E-state index in [1.54, 1.807) is 0 Å². The second-order valence-electron chi connectivity index (χ2n) is 19.7. The van der Waals surface area contributed by atoms with Crippen molar-refractivity contribution in [2.45, 2.75) is 43.4 Å². The van der Waals surface area contributed by atoms with E-state index >= 15 is 0 Å². The molecule has 3 heterocycles. The van der Waals surface area contributed by atoms with Crippen LogP contribution >= 0.6 is 0 Å². The van der Waals surface area contributed by atoms with E-state index in [0.29, 0.717) is 5.92 Å². The van der Waals surface area contributed by atoms with Gasteiger partial charge in [0.1, 0.15) is 33.8 Å². The zero-order valence-corrected chi connectivity index (χ0v) is 39.6. The second kappa shape index (κ2) is 16.1. The molecule has 344 valence electrons. The van der Waals surface area contributed by atoms with Crippen molar-refractivity contribution in [3.05, 3.63) is 252 Å². The maximum absolute atomic E-state index is 7.40. The Hall–Kier alpha value is -8.80. The molecule has 1 saturated carbocycles. The van der Waals surface area contributed by atoms with Crippen molar-refractivity contribution in [2.24, 2.45) is 0 Å². The van der Waals surface area contributed by atoms with E-state index in [9.17, 15) is 0 Å². The van der Waals surface area contributed by atoms with E-state index in [2.05, 4.69) is 234 Å². The first-order chi connectivity index (χ1) is 35.7. The van der Waals surface area contributed by atoms with E-state index in [1.807, 2.05) is 0 Å². The Bertz CT molecular complexity index is 4000. The third-order valence-corrected chi connectivity index (χ3v) is 15.9. The highest BCUT2D eigenvalue weighted by molar-refractivity contribution is 6.18. The first-order valence-corrected chi connectivity index (χ1v) is 25.4. The number of hydrogen-bond acceptors (Lipinski definition) is 5. The molecule has 72 heavy (non-hydrogen) atoms. The van der Waals surface area contributed by atoms with Gasteiger partial charge in [0, 0.05) is 56.3 Å². The fourth-order valence-corrected chi connectivity index (χ4v) is 12.9. The molecule has 3 aliphatic rings. The summed E-state index contributed by atoms with van der Waals surface area (Å²) in [4.78, 5) is 4.79. The van der Waals surface area contributed by atoms with Gasteiger partial charge < -0.3 is 23.4 Å². The highest BCUT2D eigenvalue weighted by atomic mass is 16.5. The zero-order valence-electron chi connectivity index (χ0n) is 39.6. The molecule has 5 heteroatoms. The molecule has 0 atom stereocenters. The lowest BCUT2D eigenvalue weighted by Crippen LogP contribution is -2.33. The van der Waals surface area contributed by atoms with Crippen LogP contribution in [-0.4, -0.2) is 0 Å². The summed E-state index contributed by atoms with van der Waals surface area (Å²) in [6.45, 7) is 0. The Morgan fingerprint density at radius 3 is 1.61 bits per heavy atom. The van der Waals surface area contributed by atoms with Crippen LogP contribution in [0.25, 0.3) is 55.0 Å². The van der Waals surface area contributed by atoms with Crippen molar-refractivity contribution in [2.75, 3.05) is 9.80 Å². The van der Waals surface area contributed by atoms with Gasteiger partial charge in [-0.3, -0.25) is 0 Å². The standard InChI is InChI=1S/C67H48N2O3/c1-4-20-43(21-5-1)52-40-47(41-56-66(52)72-60-35-17-15-31-55(60)67(56)53-29-13-10-26-48(53)49-27-11-14-30-54(49)67)69(57-32-18-36-61-64(57)50-28-12-16-34-59(50)70-61)58-33-19-37-62-65(58)51-39-38-46(42-63(51)71-62)68(44-22-6-2-7-23-44)45-24-8-3-9-25-45/h2-3,6-19,22-43H,1,4-5,20-21H2. The number of ether oxygens (including phenoxy) is 1. The lowest BCUT2D eigenvalue weighted by molar-refractivity contribution is 0.400. The minimum absolute atomic E-state index is 0.315. The molecule has 10 aromatic carbocycles. The normalized spacial score (nSPS) is 14.6. The van der Waals surface area contributed by atoms with Gasteiger partial charge >= 0.3 is 0 Å². The number of fused-ring (bicyclic) bond motifs is 15. The maximum atomic E-state index is 7.40. The molecule has 2 aromatic heterocycles. The average Bonchev–Trinajstić information content (AvgIpc) is 4.11. The van der Waals surface area contributed by atoms with E-state index in [4.69, 9.17) is 13.6 Å². The van der Waals surface area contributed by atoms with Gasteiger partial charge in [-0.2, -0.15) is 0 Å². The van der Waals surface area contributed by atoms with Crippen LogP contribution in [0, 0.1) is 0 Å². The van der Waals surface area contributed by atoms with E-state index in [1.165, 1.54) is 52.6 Å². The predicted octanol–water partition coefficient (Wildman–Crippen LogP) is 18.9. The zero-order chi connectivity index (χ0) is 47.3. The van der Waals surface area contributed by atoms with Gasteiger partial charge in [0.15, 0.2) is 0 Å². The predicted molar refractivity (Wildman–Crippen MR) is 294 cm³/mol. The first kappa shape index (κ1) is 41.0. The number of benzene rings is 10. The van der Waals surface area contributed by atoms with Gasteiger partial charge in [-0.1, -0.05) is 153 Å². The molecule has 12 aromatic rings. The van der Waals surface area contributed by atoms with Gasteiger partial charge in [-0.25, -0.2) is 0 Å². The summed E-state index contributed by atoms with van der Waals surface area (Å²) in [7, 11) is 0. The summed E-state index contributed by atoms with van der Waals surface area (Å²) < 4.78 is 21.1. The van der Waals surface area contributed by atoms with Crippen molar-refractivity contribution < 1.29 is 13.6 Å². The van der Waals surface area contributed by atoms with Crippen molar-refractivity contribution >= 4 is 78.0 Å². The number of hydrogen-bond donors (Lipinski definition) is 0. The first-order valence-electron chi connectivity index (χ1n) is 25.4. The highest BCUT2D eigenvalue weighted by Gasteiger charge is 2.52. The Balaban J connectivity index is 1.04. The molecular weight excluding hydrogens is 881 g/mol. The number of nitrogens with zero attached hydrogens (tertiary/aromatic N) is 2. The minimum Gasteiger partial charge on any atom is -0.456 e. The Morgan fingerprint density at radius 2 is 0.931 bits per heavy atom. The molecule has 2 aliphatic carbocycles. The van der Waals surface area contributed by atoms with Crippen LogP contribution in [0.15, 0.2) is 233 Å². The van der Waals surface area contributed by atoms with Crippen molar-refractivity contribution in [3.8, 4) is 22.6 Å². The second-order valence-corrected chi connectivity index (χ2v) is 19.7. The van der Waals surface area contributed by atoms with E-state index < -0.39 is 5.41 Å². The molecule has 0 saturated heterocycles. The summed E-state index contributed by atoms with van der Waals surface area (Å²) >= 11 is 0. The minimum atomic E-state index is -0.648. The van der Waals surface area contributed by atoms with E-state index in [0.717, 1.165) is 108 Å². The molecular formula is C67H48N2O3. The van der Waals surface area contributed by atoms with Crippen LogP contribution in [0.1, 0.15) is 65.8 Å². The van der Waals surface area contributed by atoms with Crippen molar-refractivity contribution in [1.82, 2.24) is 0 Å². The van der Waals surface area contributed by atoms with Crippen molar-refractivity contribution in [3.63, 3.8) is 0 Å². The van der Waals surface area contributed by atoms with Crippen molar-refractivity contribution in [1.29, 1.82) is 0 Å². The van der Waals surface area contributed by atoms with Gasteiger partial charge in [0.05, 0.1) is 27.6 Å². The lowest BCUT2D eigenvalue weighted by Gasteiger charge is -2.42. The number of para-hydroxylation sites is 4.